The molecule has 2 aromatic heterocycles. The minimum atomic E-state index is -0.587. The van der Waals surface area contributed by atoms with E-state index >= 15 is 0 Å². The third kappa shape index (κ3) is 5.99. The molecule has 1 spiro atoms. The highest BCUT2D eigenvalue weighted by Crippen LogP contribution is 2.63. The average molecular weight is 966 g/mol. The van der Waals surface area contributed by atoms with E-state index in [0.717, 1.165) is 39.4 Å². The van der Waals surface area contributed by atoms with Gasteiger partial charge in [0, 0.05) is 44.0 Å². The van der Waals surface area contributed by atoms with Gasteiger partial charge in [-0.1, -0.05) is 224 Å². The molecule has 0 saturated heterocycles. The first-order valence-electron chi connectivity index (χ1n) is 26.3. The summed E-state index contributed by atoms with van der Waals surface area (Å²) in [4.78, 5) is 2.52. The highest BCUT2D eigenvalue weighted by atomic mass is 15.1. The third-order valence-corrected chi connectivity index (χ3v) is 16.5. The molecule has 3 heteroatoms. The topological polar surface area (TPSA) is 13.1 Å². The summed E-state index contributed by atoms with van der Waals surface area (Å²) in [5.74, 6) is 0. The SMILES string of the molecule is c1ccc(-c2ccc(-c3ccccc3N(c3ccc(-c4ccc(-n5c6ccccc6c6ccccc65)cc4)cc3)c3cccc4c3-c3ccccc3C43c4ccccc4-n4c5ccccc5c5cccc3c54)cc2)cc1. The zero-order valence-corrected chi connectivity index (χ0v) is 41.5. The first-order valence-corrected chi connectivity index (χ1v) is 26.3. The number of rotatable bonds is 7. The molecule has 3 nitrogen and oxygen atoms in total. The lowest BCUT2D eigenvalue weighted by Crippen LogP contribution is -2.33. The molecule has 3 heterocycles. The number of fused-ring (bicyclic) bond motifs is 15. The smallest absolute Gasteiger partial charge is 0.0755 e. The van der Waals surface area contributed by atoms with Crippen LogP contribution in [-0.2, 0) is 5.41 Å². The predicted molar refractivity (Wildman–Crippen MR) is 317 cm³/mol. The normalized spacial score (nSPS) is 14.1. The molecule has 2 aliphatic rings. The van der Waals surface area contributed by atoms with Crippen LogP contribution in [0, 0.1) is 0 Å². The fourth-order valence-electron chi connectivity index (χ4n) is 13.4. The Morgan fingerprint density at radius 2 is 0.737 bits per heavy atom. The zero-order chi connectivity index (χ0) is 49.9. The standard InChI is InChI=1S/C73H47N3/c1-2-18-48(19-3-1)49-36-38-52(39-37-49)55-20-5-11-30-65(55)75(54-46-42-51(43-47-54)50-40-44-53(45-41-50)74-66-31-12-6-21-56(66)57-22-7-13-32-67(57)74)70-35-17-28-63-71(70)60-24-4-9-26-61(60)73(63)62-27-10-15-34-69(62)76-68-33-14-8-23-58(68)59-25-16-29-64(73)72(59)76/h1-47H. The summed E-state index contributed by atoms with van der Waals surface area (Å²) < 4.78 is 4.91. The van der Waals surface area contributed by atoms with Gasteiger partial charge in [0.1, 0.15) is 0 Å². The second-order valence-electron chi connectivity index (χ2n) is 20.3. The molecule has 0 N–H and O–H groups in total. The van der Waals surface area contributed by atoms with E-state index in [-0.39, 0.29) is 0 Å². The van der Waals surface area contributed by atoms with Crippen molar-refractivity contribution in [1.29, 1.82) is 0 Å². The van der Waals surface area contributed by atoms with Gasteiger partial charge >= 0.3 is 0 Å². The van der Waals surface area contributed by atoms with Crippen LogP contribution >= 0.6 is 0 Å². The summed E-state index contributed by atoms with van der Waals surface area (Å²) in [5, 5.41) is 5.08. The second-order valence-corrected chi connectivity index (χ2v) is 20.3. The molecule has 1 unspecified atom stereocenters. The van der Waals surface area contributed by atoms with Crippen LogP contribution < -0.4 is 4.90 Å². The van der Waals surface area contributed by atoms with Gasteiger partial charge in [-0.3, -0.25) is 0 Å². The molecule has 0 fully saturated rings. The molecule has 1 aliphatic carbocycles. The largest absolute Gasteiger partial charge is 0.309 e. The number of aromatic nitrogens is 2. The Balaban J connectivity index is 0.894. The predicted octanol–water partition coefficient (Wildman–Crippen LogP) is 19.0. The van der Waals surface area contributed by atoms with E-state index in [4.69, 9.17) is 0 Å². The summed E-state index contributed by atoms with van der Waals surface area (Å²) in [6, 6.07) is 106. The Bertz CT molecular complexity index is 4560. The van der Waals surface area contributed by atoms with Crippen molar-refractivity contribution in [2.24, 2.45) is 0 Å². The lowest BCUT2D eigenvalue weighted by molar-refractivity contribution is 0.748. The molecule has 0 amide bonds. The minimum absolute atomic E-state index is 0.587. The lowest BCUT2D eigenvalue weighted by atomic mass is 9.65. The van der Waals surface area contributed by atoms with Crippen LogP contribution in [0.3, 0.4) is 0 Å². The van der Waals surface area contributed by atoms with Crippen LogP contribution in [0.15, 0.2) is 285 Å². The molecule has 0 saturated carbocycles. The third-order valence-electron chi connectivity index (χ3n) is 16.5. The first kappa shape index (κ1) is 42.5. The molecule has 76 heavy (non-hydrogen) atoms. The van der Waals surface area contributed by atoms with Crippen LogP contribution in [0.2, 0.25) is 0 Å². The van der Waals surface area contributed by atoms with Crippen molar-refractivity contribution in [1.82, 2.24) is 9.13 Å². The van der Waals surface area contributed by atoms with Crippen LogP contribution in [0.4, 0.5) is 17.1 Å². The Hall–Kier alpha value is -9.96. The van der Waals surface area contributed by atoms with E-state index in [0.29, 0.717) is 0 Å². The summed E-state index contributed by atoms with van der Waals surface area (Å²) in [7, 11) is 0. The van der Waals surface area contributed by atoms with Crippen molar-refractivity contribution in [3.8, 4) is 55.9 Å². The van der Waals surface area contributed by atoms with Crippen molar-refractivity contribution in [3.63, 3.8) is 0 Å². The van der Waals surface area contributed by atoms with Crippen molar-refractivity contribution in [3.05, 3.63) is 307 Å². The molecule has 0 radical (unpaired) electrons. The van der Waals surface area contributed by atoms with Gasteiger partial charge in [0.15, 0.2) is 0 Å². The maximum Gasteiger partial charge on any atom is 0.0755 e. The van der Waals surface area contributed by atoms with Crippen molar-refractivity contribution >= 4 is 60.7 Å². The van der Waals surface area contributed by atoms with Gasteiger partial charge in [0.05, 0.1) is 44.5 Å². The van der Waals surface area contributed by atoms with Crippen molar-refractivity contribution in [2.45, 2.75) is 5.41 Å². The quantitative estimate of drug-likeness (QED) is 0.155. The van der Waals surface area contributed by atoms with Crippen molar-refractivity contribution in [2.75, 3.05) is 4.90 Å². The van der Waals surface area contributed by atoms with E-state index in [1.165, 1.54) is 99.4 Å². The fourth-order valence-corrected chi connectivity index (χ4v) is 13.4. The summed E-state index contributed by atoms with van der Waals surface area (Å²) in [6.45, 7) is 0. The van der Waals surface area contributed by atoms with Gasteiger partial charge in [-0.05, 0) is 116 Å². The molecular weight excluding hydrogens is 919 g/mol. The molecule has 1 aliphatic heterocycles. The summed E-state index contributed by atoms with van der Waals surface area (Å²) in [6.07, 6.45) is 0. The minimum Gasteiger partial charge on any atom is -0.309 e. The van der Waals surface area contributed by atoms with Gasteiger partial charge in [-0.15, -0.1) is 0 Å². The number of hydrogen-bond acceptors (Lipinski definition) is 1. The Labute approximate surface area is 441 Å². The molecule has 354 valence electrons. The highest BCUT2D eigenvalue weighted by Gasteiger charge is 2.51. The second kappa shape index (κ2) is 16.5. The summed E-state index contributed by atoms with van der Waals surface area (Å²) in [5.41, 5.74) is 24.8. The van der Waals surface area contributed by atoms with Gasteiger partial charge < -0.3 is 14.0 Å². The maximum atomic E-state index is 2.52. The van der Waals surface area contributed by atoms with E-state index in [9.17, 15) is 0 Å². The Morgan fingerprint density at radius 1 is 0.276 bits per heavy atom. The number of nitrogens with zero attached hydrogens (tertiary/aromatic N) is 3. The Kier molecular flexibility index (Phi) is 9.25. The van der Waals surface area contributed by atoms with E-state index in [1.807, 2.05) is 0 Å². The van der Waals surface area contributed by atoms with Crippen LogP contribution in [-0.4, -0.2) is 9.13 Å². The molecule has 14 aromatic rings. The maximum absolute atomic E-state index is 2.52. The molecule has 0 bridgehead atoms. The summed E-state index contributed by atoms with van der Waals surface area (Å²) >= 11 is 0. The van der Waals surface area contributed by atoms with E-state index in [1.54, 1.807) is 0 Å². The van der Waals surface area contributed by atoms with Crippen LogP contribution in [0.1, 0.15) is 22.3 Å². The molecule has 12 aromatic carbocycles. The Morgan fingerprint density at radius 3 is 1.45 bits per heavy atom. The average Bonchev–Trinajstić information content (AvgIpc) is 4.13. The first-order chi connectivity index (χ1) is 37.7. The van der Waals surface area contributed by atoms with E-state index in [2.05, 4.69) is 299 Å². The monoisotopic (exact) mass is 965 g/mol. The van der Waals surface area contributed by atoms with Crippen molar-refractivity contribution < 1.29 is 0 Å². The van der Waals surface area contributed by atoms with Gasteiger partial charge in [0.25, 0.3) is 0 Å². The van der Waals surface area contributed by atoms with Gasteiger partial charge in [-0.25, -0.2) is 0 Å². The fraction of sp³-hybridized carbons (Fsp3) is 0.0137. The molecular formula is C73H47N3. The zero-order valence-electron chi connectivity index (χ0n) is 41.5. The van der Waals surface area contributed by atoms with Crippen LogP contribution in [0.5, 0.6) is 0 Å². The molecule has 16 rings (SSSR count). The number of para-hydroxylation sites is 6. The van der Waals surface area contributed by atoms with Crippen LogP contribution in [0.25, 0.3) is 99.5 Å². The number of anilines is 3. The molecule has 1 atom stereocenters. The lowest BCUT2D eigenvalue weighted by Gasteiger charge is -2.39. The van der Waals surface area contributed by atoms with E-state index < -0.39 is 5.41 Å². The van der Waals surface area contributed by atoms with Gasteiger partial charge in [0.2, 0.25) is 0 Å². The highest BCUT2D eigenvalue weighted by molar-refractivity contribution is 6.14. The number of benzene rings is 12. The van der Waals surface area contributed by atoms with Gasteiger partial charge in [-0.2, -0.15) is 0 Å². The number of hydrogen-bond donors (Lipinski definition) is 0.